The minimum atomic E-state index is -0.362. The van der Waals surface area contributed by atoms with Gasteiger partial charge in [0.05, 0.1) is 0 Å². The molecule has 3 aromatic rings. The second kappa shape index (κ2) is 8.29. The number of thioether (sulfide) groups is 1. The summed E-state index contributed by atoms with van der Waals surface area (Å²) in [6.07, 6.45) is 1.28. The first-order valence-electron chi connectivity index (χ1n) is 10.8. The van der Waals surface area contributed by atoms with Crippen LogP contribution in [0.1, 0.15) is 49.4 Å². The predicted molar refractivity (Wildman–Crippen MR) is 129 cm³/mol. The number of ketones is 1. The zero-order valence-corrected chi connectivity index (χ0v) is 20.2. The second-order valence-electron chi connectivity index (χ2n) is 9.46. The third-order valence-electron chi connectivity index (χ3n) is 6.08. The summed E-state index contributed by atoms with van der Waals surface area (Å²) >= 11 is 7.61. The Bertz CT molecular complexity index is 1280. The number of hydrogen-bond donors (Lipinski definition) is 1. The number of anilines is 1. The molecule has 0 amide bonds. The average molecular weight is 483 g/mol. The minimum absolute atomic E-state index is 0.111. The molecule has 0 saturated heterocycles. The van der Waals surface area contributed by atoms with Crippen LogP contribution < -0.4 is 5.32 Å². The maximum absolute atomic E-state index is 13.4. The fourth-order valence-corrected chi connectivity index (χ4v) is 5.63. The molecule has 0 fully saturated rings. The Morgan fingerprint density at radius 3 is 2.70 bits per heavy atom. The number of fused-ring (bicyclic) bond motifs is 1. The maximum Gasteiger partial charge on any atom is 0.227 e. The van der Waals surface area contributed by atoms with Gasteiger partial charge in [-0.3, -0.25) is 4.79 Å². The highest BCUT2D eigenvalue weighted by Crippen LogP contribution is 2.45. The van der Waals surface area contributed by atoms with Gasteiger partial charge < -0.3 is 5.32 Å². The van der Waals surface area contributed by atoms with Crippen LogP contribution in [0, 0.1) is 18.2 Å². The first-order valence-corrected chi connectivity index (χ1v) is 12.2. The number of nitrogens with zero attached hydrogens (tertiary/aromatic N) is 3. The monoisotopic (exact) mass is 482 g/mol. The van der Waals surface area contributed by atoms with E-state index in [0.29, 0.717) is 28.3 Å². The lowest BCUT2D eigenvalue weighted by Crippen LogP contribution is -2.36. The minimum Gasteiger partial charge on any atom is -0.328 e. The lowest BCUT2D eigenvalue weighted by Gasteiger charge is -2.38. The van der Waals surface area contributed by atoms with Gasteiger partial charge in [0.2, 0.25) is 11.1 Å². The summed E-state index contributed by atoms with van der Waals surface area (Å²) in [6, 6.07) is 12.3. The van der Waals surface area contributed by atoms with Crippen molar-refractivity contribution in [1.29, 1.82) is 0 Å². The highest BCUT2D eigenvalue weighted by atomic mass is 35.5. The van der Waals surface area contributed by atoms with Gasteiger partial charge in [-0.1, -0.05) is 73.1 Å². The Labute approximate surface area is 201 Å². The van der Waals surface area contributed by atoms with Crippen molar-refractivity contribution in [3.63, 3.8) is 0 Å². The van der Waals surface area contributed by atoms with Crippen LogP contribution in [0.25, 0.3) is 0 Å². The van der Waals surface area contributed by atoms with Crippen LogP contribution in [-0.2, 0) is 10.5 Å². The molecule has 1 aliphatic carbocycles. The van der Waals surface area contributed by atoms with Crippen molar-refractivity contribution in [2.75, 3.05) is 5.32 Å². The van der Waals surface area contributed by atoms with Gasteiger partial charge in [0.15, 0.2) is 5.78 Å². The normalized spacial score (nSPS) is 19.2. The van der Waals surface area contributed by atoms with E-state index in [1.807, 2.05) is 11.6 Å². The van der Waals surface area contributed by atoms with E-state index >= 15 is 0 Å². The van der Waals surface area contributed by atoms with E-state index in [1.54, 1.807) is 6.07 Å². The summed E-state index contributed by atoms with van der Waals surface area (Å²) in [4.78, 5) is 18.0. The van der Waals surface area contributed by atoms with Gasteiger partial charge >= 0.3 is 0 Å². The molecular weight excluding hydrogens is 459 g/mol. The largest absolute Gasteiger partial charge is 0.328 e. The van der Waals surface area contributed by atoms with Crippen molar-refractivity contribution in [3.8, 4) is 0 Å². The van der Waals surface area contributed by atoms with Crippen molar-refractivity contribution < 1.29 is 9.18 Å². The van der Waals surface area contributed by atoms with E-state index in [2.05, 4.69) is 43.4 Å². The molecular formula is C25H24ClFN4OS. The van der Waals surface area contributed by atoms with E-state index in [4.69, 9.17) is 21.7 Å². The van der Waals surface area contributed by atoms with Crippen LogP contribution in [0.15, 0.2) is 58.9 Å². The SMILES string of the molecule is Cc1ccc([C@H]2C3=C(CC(C)(C)CC3=O)Nc3nc(SCc4ccc(F)cc4Cl)nn32)cc1. The number of aromatic nitrogens is 3. The van der Waals surface area contributed by atoms with Crippen molar-refractivity contribution >= 4 is 35.1 Å². The number of benzene rings is 2. The number of Topliss-reactive ketones (excluding diaryl/α,β-unsaturated/α-hetero) is 1. The fourth-order valence-electron chi connectivity index (χ4n) is 4.49. The van der Waals surface area contributed by atoms with Gasteiger partial charge in [0.1, 0.15) is 11.9 Å². The third-order valence-corrected chi connectivity index (χ3v) is 7.32. The Morgan fingerprint density at radius 2 is 1.97 bits per heavy atom. The molecule has 1 N–H and O–H groups in total. The molecule has 33 heavy (non-hydrogen) atoms. The van der Waals surface area contributed by atoms with Gasteiger partial charge in [-0.2, -0.15) is 4.98 Å². The van der Waals surface area contributed by atoms with Crippen molar-refractivity contribution in [2.45, 2.75) is 50.6 Å². The standard InChI is InChI=1S/C25H24ClFN4OS/c1-14-4-6-15(7-5-14)22-21-19(11-25(2,3)12-20(21)32)28-23-29-24(30-31(22)23)33-13-16-8-9-17(27)10-18(16)26/h4-10,22H,11-13H2,1-3H3,(H,28,29,30)/t22-/m0/s1. The summed E-state index contributed by atoms with van der Waals surface area (Å²) in [5.41, 5.74) is 4.57. The molecule has 5 nitrogen and oxygen atoms in total. The van der Waals surface area contributed by atoms with Gasteiger partial charge in [-0.25, -0.2) is 9.07 Å². The molecule has 1 atom stereocenters. The first kappa shape index (κ1) is 22.2. The number of carbonyl (C=O) groups is 1. The molecule has 0 spiro atoms. The number of hydrogen-bond acceptors (Lipinski definition) is 5. The number of allylic oxidation sites excluding steroid dienone is 2. The lowest BCUT2D eigenvalue weighted by molar-refractivity contribution is -0.118. The van der Waals surface area contributed by atoms with Gasteiger partial charge in [-0.05, 0) is 42.0 Å². The van der Waals surface area contributed by atoms with E-state index in [0.717, 1.165) is 34.4 Å². The van der Waals surface area contributed by atoms with Crippen LogP contribution in [0.5, 0.6) is 0 Å². The van der Waals surface area contributed by atoms with Gasteiger partial charge in [0.25, 0.3) is 0 Å². The molecule has 0 unspecified atom stereocenters. The van der Waals surface area contributed by atoms with Crippen LogP contribution in [0.2, 0.25) is 5.02 Å². The number of rotatable bonds is 4. The topological polar surface area (TPSA) is 59.8 Å². The summed E-state index contributed by atoms with van der Waals surface area (Å²) in [5, 5.41) is 9.10. The van der Waals surface area contributed by atoms with Crippen LogP contribution >= 0.6 is 23.4 Å². The molecule has 0 saturated carbocycles. The van der Waals surface area contributed by atoms with Crippen LogP contribution in [0.3, 0.4) is 0 Å². The Hall–Kier alpha value is -2.64. The molecule has 2 aromatic carbocycles. The van der Waals surface area contributed by atoms with E-state index in [1.165, 1.54) is 23.9 Å². The molecule has 0 radical (unpaired) electrons. The number of aryl methyl sites for hydroxylation is 1. The summed E-state index contributed by atoms with van der Waals surface area (Å²) in [6.45, 7) is 6.27. The zero-order valence-electron chi connectivity index (χ0n) is 18.7. The molecule has 170 valence electrons. The fraction of sp³-hybridized carbons (Fsp3) is 0.320. The van der Waals surface area contributed by atoms with Crippen molar-refractivity contribution in [2.24, 2.45) is 5.41 Å². The molecule has 2 heterocycles. The van der Waals surface area contributed by atoms with Crippen molar-refractivity contribution in [3.05, 3.63) is 81.3 Å². The Morgan fingerprint density at radius 1 is 1.21 bits per heavy atom. The van der Waals surface area contributed by atoms with E-state index in [-0.39, 0.29) is 23.1 Å². The quantitative estimate of drug-likeness (QED) is 0.440. The third kappa shape index (κ3) is 4.32. The maximum atomic E-state index is 13.4. The number of nitrogens with one attached hydrogen (secondary N) is 1. The Kier molecular flexibility index (Phi) is 5.57. The zero-order chi connectivity index (χ0) is 23.3. The summed E-state index contributed by atoms with van der Waals surface area (Å²) in [7, 11) is 0. The van der Waals surface area contributed by atoms with Crippen molar-refractivity contribution in [1.82, 2.24) is 14.8 Å². The highest BCUT2D eigenvalue weighted by molar-refractivity contribution is 7.98. The highest BCUT2D eigenvalue weighted by Gasteiger charge is 2.41. The Balaban J connectivity index is 1.51. The smallest absolute Gasteiger partial charge is 0.227 e. The average Bonchev–Trinajstić information content (AvgIpc) is 3.14. The number of carbonyl (C=O) groups excluding carboxylic acids is 1. The van der Waals surface area contributed by atoms with E-state index < -0.39 is 0 Å². The summed E-state index contributed by atoms with van der Waals surface area (Å²) in [5.74, 6) is 0.917. The second-order valence-corrected chi connectivity index (χ2v) is 10.8. The van der Waals surface area contributed by atoms with Crippen LogP contribution in [0.4, 0.5) is 10.3 Å². The molecule has 1 aromatic heterocycles. The predicted octanol–water partition coefficient (Wildman–Crippen LogP) is 6.33. The van der Waals surface area contributed by atoms with Gasteiger partial charge in [-0.15, -0.1) is 5.10 Å². The lowest BCUT2D eigenvalue weighted by atomic mass is 9.73. The first-order chi connectivity index (χ1) is 15.7. The van der Waals surface area contributed by atoms with E-state index in [9.17, 15) is 9.18 Å². The molecule has 1 aliphatic heterocycles. The summed E-state index contributed by atoms with van der Waals surface area (Å²) < 4.78 is 15.2. The molecule has 5 rings (SSSR count). The molecule has 8 heteroatoms. The number of halogens is 2. The van der Waals surface area contributed by atoms with Gasteiger partial charge in [0, 0.05) is 28.5 Å². The van der Waals surface area contributed by atoms with Crippen LogP contribution in [-0.4, -0.2) is 20.5 Å². The molecule has 2 aliphatic rings. The molecule has 0 bridgehead atoms.